The summed E-state index contributed by atoms with van der Waals surface area (Å²) in [5, 5.41) is 3.24. The van der Waals surface area contributed by atoms with Gasteiger partial charge in [-0.1, -0.05) is 19.8 Å². The molecule has 0 aromatic heterocycles. The van der Waals surface area contributed by atoms with E-state index in [1.54, 1.807) is 24.3 Å². The maximum Gasteiger partial charge on any atom is 0.338 e. The SMILES string of the molecule is CCCCCNCCOC(=O)c1ccc(N)cc1.Cl. The summed E-state index contributed by atoms with van der Waals surface area (Å²) in [7, 11) is 0. The molecule has 0 heterocycles. The summed E-state index contributed by atoms with van der Waals surface area (Å²) in [6.07, 6.45) is 3.62. The van der Waals surface area contributed by atoms with Gasteiger partial charge in [0.25, 0.3) is 0 Å². The lowest BCUT2D eigenvalue weighted by atomic mass is 10.2. The lowest BCUT2D eigenvalue weighted by Gasteiger charge is -2.06. The van der Waals surface area contributed by atoms with E-state index < -0.39 is 0 Å². The number of esters is 1. The first kappa shape index (κ1) is 17.7. The Labute approximate surface area is 121 Å². The summed E-state index contributed by atoms with van der Waals surface area (Å²) in [6.45, 7) is 4.25. The third-order valence-electron chi connectivity index (χ3n) is 2.62. The van der Waals surface area contributed by atoms with Gasteiger partial charge < -0.3 is 15.8 Å². The van der Waals surface area contributed by atoms with Crippen molar-refractivity contribution in [1.29, 1.82) is 0 Å². The second-order valence-electron chi connectivity index (χ2n) is 4.22. The maximum atomic E-state index is 11.6. The van der Waals surface area contributed by atoms with Crippen molar-refractivity contribution in [1.82, 2.24) is 5.32 Å². The highest BCUT2D eigenvalue weighted by atomic mass is 35.5. The molecule has 0 aliphatic carbocycles. The van der Waals surface area contributed by atoms with E-state index in [2.05, 4.69) is 12.2 Å². The number of carbonyl (C=O) groups is 1. The van der Waals surface area contributed by atoms with Crippen molar-refractivity contribution in [3.8, 4) is 0 Å². The van der Waals surface area contributed by atoms with Gasteiger partial charge >= 0.3 is 5.97 Å². The van der Waals surface area contributed by atoms with Crippen LogP contribution in [0.2, 0.25) is 0 Å². The molecule has 0 amide bonds. The van der Waals surface area contributed by atoms with Crippen LogP contribution in [0.15, 0.2) is 24.3 Å². The molecule has 0 saturated carbocycles. The highest BCUT2D eigenvalue weighted by Crippen LogP contribution is 2.06. The second kappa shape index (κ2) is 10.6. The molecule has 0 spiro atoms. The van der Waals surface area contributed by atoms with Gasteiger partial charge in [-0.25, -0.2) is 4.79 Å². The zero-order valence-corrected chi connectivity index (χ0v) is 12.2. The highest BCUT2D eigenvalue weighted by Gasteiger charge is 2.05. The number of halogens is 1. The van der Waals surface area contributed by atoms with E-state index in [9.17, 15) is 4.79 Å². The second-order valence-corrected chi connectivity index (χ2v) is 4.22. The summed E-state index contributed by atoms with van der Waals surface area (Å²) in [5.74, 6) is -0.301. The molecule has 1 rings (SSSR count). The van der Waals surface area contributed by atoms with Crippen LogP contribution in [0, 0.1) is 0 Å². The quantitative estimate of drug-likeness (QED) is 0.438. The Morgan fingerprint density at radius 1 is 1.21 bits per heavy atom. The molecule has 19 heavy (non-hydrogen) atoms. The third-order valence-corrected chi connectivity index (χ3v) is 2.62. The van der Waals surface area contributed by atoms with Crippen LogP contribution in [0.4, 0.5) is 5.69 Å². The molecule has 0 fully saturated rings. The van der Waals surface area contributed by atoms with Crippen LogP contribution >= 0.6 is 12.4 Å². The number of rotatable bonds is 8. The minimum atomic E-state index is -0.301. The number of anilines is 1. The first-order valence-electron chi connectivity index (χ1n) is 6.47. The van der Waals surface area contributed by atoms with Crippen LogP contribution in [0.25, 0.3) is 0 Å². The minimum absolute atomic E-state index is 0. The lowest BCUT2D eigenvalue weighted by molar-refractivity contribution is 0.0509. The average molecular weight is 287 g/mol. The van der Waals surface area contributed by atoms with E-state index in [1.165, 1.54) is 19.3 Å². The monoisotopic (exact) mass is 286 g/mol. The van der Waals surface area contributed by atoms with Gasteiger partial charge in [0.1, 0.15) is 6.61 Å². The van der Waals surface area contributed by atoms with Crippen molar-refractivity contribution in [3.05, 3.63) is 29.8 Å². The summed E-state index contributed by atoms with van der Waals surface area (Å²) in [6, 6.07) is 6.73. The van der Waals surface area contributed by atoms with E-state index in [0.717, 1.165) is 6.54 Å². The molecular formula is C14H23ClN2O2. The highest BCUT2D eigenvalue weighted by molar-refractivity contribution is 5.89. The number of hydrogen-bond acceptors (Lipinski definition) is 4. The smallest absolute Gasteiger partial charge is 0.338 e. The lowest BCUT2D eigenvalue weighted by Crippen LogP contribution is -2.22. The number of carbonyl (C=O) groups excluding carboxylic acids is 1. The predicted octanol–water partition coefficient (Wildman–Crippen LogP) is 2.63. The predicted molar refractivity (Wildman–Crippen MR) is 80.8 cm³/mol. The third kappa shape index (κ3) is 7.70. The molecule has 0 radical (unpaired) electrons. The van der Waals surface area contributed by atoms with E-state index in [-0.39, 0.29) is 18.4 Å². The zero-order valence-electron chi connectivity index (χ0n) is 11.4. The molecule has 5 heteroatoms. The van der Waals surface area contributed by atoms with E-state index in [0.29, 0.717) is 24.4 Å². The normalized spacial score (nSPS) is 9.74. The number of nitrogens with one attached hydrogen (secondary N) is 1. The molecule has 4 nitrogen and oxygen atoms in total. The fourth-order valence-electron chi connectivity index (χ4n) is 1.54. The Balaban J connectivity index is 0.00000324. The standard InChI is InChI=1S/C14H22N2O2.ClH/c1-2-3-4-9-16-10-11-18-14(17)12-5-7-13(15)8-6-12;/h5-8,16H,2-4,9-11,15H2,1H3;1H. The first-order valence-corrected chi connectivity index (χ1v) is 6.47. The fourth-order valence-corrected chi connectivity index (χ4v) is 1.54. The molecule has 108 valence electrons. The van der Waals surface area contributed by atoms with Crippen LogP contribution in [-0.4, -0.2) is 25.7 Å². The fraction of sp³-hybridized carbons (Fsp3) is 0.500. The number of hydrogen-bond donors (Lipinski definition) is 2. The van der Waals surface area contributed by atoms with E-state index in [1.807, 2.05) is 0 Å². The van der Waals surface area contributed by atoms with Crippen LogP contribution in [0.3, 0.4) is 0 Å². The van der Waals surface area contributed by atoms with E-state index in [4.69, 9.17) is 10.5 Å². The number of nitrogens with two attached hydrogens (primary N) is 1. The number of unbranched alkanes of at least 4 members (excludes halogenated alkanes) is 2. The Kier molecular flexibility index (Phi) is 9.94. The molecule has 0 bridgehead atoms. The van der Waals surface area contributed by atoms with Gasteiger partial charge in [0.05, 0.1) is 5.56 Å². The molecule has 3 N–H and O–H groups in total. The largest absolute Gasteiger partial charge is 0.461 e. The first-order chi connectivity index (χ1) is 8.74. The van der Waals surface area contributed by atoms with Crippen molar-refractivity contribution in [2.24, 2.45) is 0 Å². The topological polar surface area (TPSA) is 64.3 Å². The van der Waals surface area contributed by atoms with Gasteiger partial charge in [0, 0.05) is 12.2 Å². The molecule has 0 aliphatic rings. The molecule has 0 saturated heterocycles. The Hall–Kier alpha value is -1.26. The van der Waals surface area contributed by atoms with Gasteiger partial charge in [-0.3, -0.25) is 0 Å². The van der Waals surface area contributed by atoms with Crippen LogP contribution in [0.5, 0.6) is 0 Å². The Bertz CT molecular complexity index is 355. The molecule has 0 unspecified atom stereocenters. The summed E-state index contributed by atoms with van der Waals surface area (Å²) < 4.78 is 5.13. The molecule has 0 aliphatic heterocycles. The van der Waals surface area contributed by atoms with Gasteiger partial charge in [0.15, 0.2) is 0 Å². The van der Waals surface area contributed by atoms with Crippen molar-refractivity contribution in [2.45, 2.75) is 26.2 Å². The van der Waals surface area contributed by atoms with Gasteiger partial charge in [-0.15, -0.1) is 12.4 Å². The molecular weight excluding hydrogens is 264 g/mol. The van der Waals surface area contributed by atoms with E-state index >= 15 is 0 Å². The summed E-state index contributed by atoms with van der Waals surface area (Å²) in [5.41, 5.74) is 6.72. The van der Waals surface area contributed by atoms with Gasteiger partial charge in [-0.2, -0.15) is 0 Å². The molecule has 1 aromatic carbocycles. The number of benzene rings is 1. The van der Waals surface area contributed by atoms with Gasteiger partial charge in [-0.05, 0) is 37.2 Å². The Morgan fingerprint density at radius 2 is 1.89 bits per heavy atom. The van der Waals surface area contributed by atoms with Crippen LogP contribution in [0.1, 0.15) is 36.5 Å². The van der Waals surface area contributed by atoms with Crippen molar-refractivity contribution < 1.29 is 9.53 Å². The summed E-state index contributed by atoms with van der Waals surface area (Å²) in [4.78, 5) is 11.6. The van der Waals surface area contributed by atoms with Crippen molar-refractivity contribution >= 4 is 24.1 Å². The van der Waals surface area contributed by atoms with Crippen LogP contribution < -0.4 is 11.1 Å². The van der Waals surface area contributed by atoms with Crippen molar-refractivity contribution in [2.75, 3.05) is 25.4 Å². The minimum Gasteiger partial charge on any atom is -0.461 e. The van der Waals surface area contributed by atoms with Crippen molar-refractivity contribution in [3.63, 3.8) is 0 Å². The molecule has 1 aromatic rings. The molecule has 0 atom stereocenters. The average Bonchev–Trinajstić information content (AvgIpc) is 2.38. The van der Waals surface area contributed by atoms with Crippen LogP contribution in [-0.2, 0) is 4.74 Å². The number of nitrogen functional groups attached to an aromatic ring is 1. The number of ether oxygens (including phenoxy) is 1. The van der Waals surface area contributed by atoms with Gasteiger partial charge in [0.2, 0.25) is 0 Å². The Morgan fingerprint density at radius 3 is 2.53 bits per heavy atom. The zero-order chi connectivity index (χ0) is 13.2. The maximum absolute atomic E-state index is 11.6. The summed E-state index contributed by atoms with van der Waals surface area (Å²) >= 11 is 0.